The minimum Gasteiger partial charge on any atom is -0.255 e. The Kier molecular flexibility index (Phi) is 3.54. The lowest BCUT2D eigenvalue weighted by atomic mass is 9.98. The molecule has 3 nitrogen and oxygen atoms in total. The molecule has 3 aromatic heterocycles. The predicted molar refractivity (Wildman–Crippen MR) is 86.8 cm³/mol. The fourth-order valence-corrected chi connectivity index (χ4v) is 4.48. The van der Waals surface area contributed by atoms with Crippen LogP contribution in [0.5, 0.6) is 0 Å². The van der Waals surface area contributed by atoms with Crippen LogP contribution in [0.1, 0.15) is 37.2 Å². The van der Waals surface area contributed by atoms with E-state index in [9.17, 15) is 4.39 Å². The van der Waals surface area contributed by atoms with Gasteiger partial charge in [-0.05, 0) is 48.1 Å². The van der Waals surface area contributed by atoms with Gasteiger partial charge in [-0.15, -0.1) is 11.3 Å². The number of hydrogen-bond donors (Lipinski definition) is 0. The van der Waals surface area contributed by atoms with E-state index < -0.39 is 5.82 Å². The van der Waals surface area contributed by atoms with Gasteiger partial charge in [0.25, 0.3) is 0 Å². The zero-order valence-corrected chi connectivity index (χ0v) is 13.3. The first kappa shape index (κ1) is 14.0. The van der Waals surface area contributed by atoms with Gasteiger partial charge in [0.2, 0.25) is 5.28 Å². The standard InChI is InChI=1S/C16H13ClFN3S/c17-16-20-8-11(18)14(21-16)13-7-12-15(22-13)10(5-6-19-12)9-3-1-2-4-9/h5-9H,1-4H2. The van der Waals surface area contributed by atoms with Crippen LogP contribution >= 0.6 is 22.9 Å². The van der Waals surface area contributed by atoms with Gasteiger partial charge in [0.15, 0.2) is 5.82 Å². The average Bonchev–Trinajstić information content (AvgIpc) is 3.17. The molecule has 1 fully saturated rings. The summed E-state index contributed by atoms with van der Waals surface area (Å²) in [5.41, 5.74) is 2.48. The van der Waals surface area contributed by atoms with Gasteiger partial charge in [-0.2, -0.15) is 0 Å². The lowest BCUT2D eigenvalue weighted by Gasteiger charge is -2.09. The van der Waals surface area contributed by atoms with E-state index in [-0.39, 0.29) is 11.0 Å². The van der Waals surface area contributed by atoms with Gasteiger partial charge in [0.1, 0.15) is 5.69 Å². The third kappa shape index (κ3) is 2.38. The van der Waals surface area contributed by atoms with E-state index in [1.165, 1.54) is 42.6 Å². The molecule has 0 N–H and O–H groups in total. The van der Waals surface area contributed by atoms with Gasteiger partial charge in [-0.25, -0.2) is 14.4 Å². The minimum atomic E-state index is -0.460. The van der Waals surface area contributed by atoms with E-state index >= 15 is 0 Å². The Bertz CT molecular complexity index is 843. The number of rotatable bonds is 2. The third-order valence-electron chi connectivity index (χ3n) is 4.19. The summed E-state index contributed by atoms with van der Waals surface area (Å²) in [7, 11) is 0. The van der Waals surface area contributed by atoms with Gasteiger partial charge >= 0.3 is 0 Å². The molecule has 3 aromatic rings. The Hall–Kier alpha value is -1.59. The fraction of sp³-hybridized carbons (Fsp3) is 0.312. The van der Waals surface area contributed by atoms with Crippen LogP contribution in [0, 0.1) is 5.82 Å². The molecule has 0 saturated heterocycles. The normalized spacial score (nSPS) is 15.7. The van der Waals surface area contributed by atoms with Gasteiger partial charge in [-0.3, -0.25) is 4.98 Å². The summed E-state index contributed by atoms with van der Waals surface area (Å²) in [5, 5.41) is 0.0535. The van der Waals surface area contributed by atoms with Crippen molar-refractivity contribution < 1.29 is 4.39 Å². The molecule has 0 atom stereocenters. The van der Waals surface area contributed by atoms with Crippen LogP contribution in [-0.2, 0) is 0 Å². The van der Waals surface area contributed by atoms with Crippen LogP contribution in [0.3, 0.4) is 0 Å². The van der Waals surface area contributed by atoms with Crippen molar-refractivity contribution in [3.05, 3.63) is 41.2 Å². The van der Waals surface area contributed by atoms with E-state index in [2.05, 4.69) is 21.0 Å². The third-order valence-corrected chi connectivity index (χ3v) is 5.55. The fourth-order valence-electron chi connectivity index (χ4n) is 3.15. The first-order valence-corrected chi connectivity index (χ1v) is 8.48. The molecular weight excluding hydrogens is 321 g/mol. The molecule has 0 aliphatic heterocycles. The highest BCUT2D eigenvalue weighted by Gasteiger charge is 2.21. The lowest BCUT2D eigenvalue weighted by Crippen LogP contribution is -1.92. The van der Waals surface area contributed by atoms with E-state index in [0.717, 1.165) is 21.3 Å². The molecule has 0 bridgehead atoms. The molecule has 0 spiro atoms. The molecule has 0 radical (unpaired) electrons. The van der Waals surface area contributed by atoms with Gasteiger partial charge in [-0.1, -0.05) is 12.8 Å². The first-order chi connectivity index (χ1) is 10.7. The van der Waals surface area contributed by atoms with Crippen molar-refractivity contribution in [1.29, 1.82) is 0 Å². The van der Waals surface area contributed by atoms with Gasteiger partial charge in [0, 0.05) is 6.20 Å². The van der Waals surface area contributed by atoms with Crippen molar-refractivity contribution in [2.75, 3.05) is 0 Å². The van der Waals surface area contributed by atoms with Crippen LogP contribution in [0.25, 0.3) is 20.8 Å². The summed E-state index contributed by atoms with van der Waals surface area (Å²) in [6.45, 7) is 0. The molecular formula is C16H13ClFN3S. The first-order valence-electron chi connectivity index (χ1n) is 7.29. The number of halogens is 2. The summed E-state index contributed by atoms with van der Waals surface area (Å²) in [5.74, 6) is 0.134. The van der Waals surface area contributed by atoms with E-state index in [0.29, 0.717) is 5.92 Å². The van der Waals surface area contributed by atoms with Crippen molar-refractivity contribution in [1.82, 2.24) is 15.0 Å². The highest BCUT2D eigenvalue weighted by molar-refractivity contribution is 7.22. The number of nitrogens with zero attached hydrogens (tertiary/aromatic N) is 3. The number of fused-ring (bicyclic) bond motifs is 1. The van der Waals surface area contributed by atoms with Crippen LogP contribution in [0.4, 0.5) is 4.39 Å². The Morgan fingerprint density at radius 2 is 2.05 bits per heavy atom. The Morgan fingerprint density at radius 3 is 2.86 bits per heavy atom. The molecule has 112 valence electrons. The highest BCUT2D eigenvalue weighted by Crippen LogP contribution is 2.41. The summed E-state index contributed by atoms with van der Waals surface area (Å²) in [6.07, 6.45) is 7.96. The van der Waals surface area contributed by atoms with Crippen molar-refractivity contribution in [2.45, 2.75) is 31.6 Å². The summed E-state index contributed by atoms with van der Waals surface area (Å²) in [4.78, 5) is 12.9. The summed E-state index contributed by atoms with van der Waals surface area (Å²) in [6, 6.07) is 3.99. The molecule has 22 heavy (non-hydrogen) atoms. The molecule has 1 saturated carbocycles. The van der Waals surface area contributed by atoms with Crippen molar-refractivity contribution >= 4 is 33.2 Å². The largest absolute Gasteiger partial charge is 0.255 e. The Balaban J connectivity index is 1.87. The highest BCUT2D eigenvalue weighted by atomic mass is 35.5. The Labute approximate surface area is 136 Å². The monoisotopic (exact) mass is 333 g/mol. The SMILES string of the molecule is Fc1cnc(Cl)nc1-c1cc2nccc(C3CCCC3)c2s1. The molecule has 0 amide bonds. The maximum Gasteiger partial charge on any atom is 0.223 e. The quantitative estimate of drug-likeness (QED) is 0.605. The lowest BCUT2D eigenvalue weighted by molar-refractivity contribution is 0.618. The molecule has 0 aromatic carbocycles. The second kappa shape index (κ2) is 5.56. The molecule has 1 aliphatic rings. The zero-order valence-electron chi connectivity index (χ0n) is 11.7. The number of pyridine rings is 1. The summed E-state index contributed by atoms with van der Waals surface area (Å²) < 4.78 is 15.1. The number of thiophene rings is 1. The second-order valence-corrected chi connectivity index (χ2v) is 6.93. The smallest absolute Gasteiger partial charge is 0.223 e. The van der Waals surface area contributed by atoms with Crippen molar-refractivity contribution in [3.8, 4) is 10.6 Å². The van der Waals surface area contributed by atoms with E-state index in [1.54, 1.807) is 0 Å². The number of aromatic nitrogens is 3. The summed E-state index contributed by atoms with van der Waals surface area (Å²) >= 11 is 7.34. The second-order valence-electron chi connectivity index (χ2n) is 5.54. The number of hydrogen-bond acceptors (Lipinski definition) is 4. The Morgan fingerprint density at radius 1 is 1.23 bits per heavy atom. The molecule has 4 rings (SSSR count). The van der Waals surface area contributed by atoms with Crippen molar-refractivity contribution in [2.24, 2.45) is 0 Å². The van der Waals surface area contributed by atoms with E-state index in [4.69, 9.17) is 11.6 Å². The van der Waals surface area contributed by atoms with Gasteiger partial charge < -0.3 is 0 Å². The average molecular weight is 334 g/mol. The maximum atomic E-state index is 14.0. The van der Waals surface area contributed by atoms with Crippen LogP contribution in [-0.4, -0.2) is 15.0 Å². The molecule has 6 heteroatoms. The predicted octanol–water partition coefficient (Wildman–Crippen LogP) is 5.20. The minimum absolute atomic E-state index is 0.0535. The van der Waals surface area contributed by atoms with Crippen molar-refractivity contribution in [3.63, 3.8) is 0 Å². The topological polar surface area (TPSA) is 38.7 Å². The zero-order chi connectivity index (χ0) is 15.1. The van der Waals surface area contributed by atoms with E-state index in [1.807, 2.05) is 12.3 Å². The van der Waals surface area contributed by atoms with Crippen LogP contribution in [0.15, 0.2) is 24.5 Å². The van der Waals surface area contributed by atoms with Crippen LogP contribution in [0.2, 0.25) is 5.28 Å². The molecule has 3 heterocycles. The molecule has 0 unspecified atom stereocenters. The van der Waals surface area contributed by atoms with Gasteiger partial charge in [0.05, 0.1) is 21.3 Å². The molecule has 1 aliphatic carbocycles. The maximum absolute atomic E-state index is 14.0. The van der Waals surface area contributed by atoms with Crippen LogP contribution < -0.4 is 0 Å².